The van der Waals surface area contributed by atoms with E-state index in [1.807, 2.05) is 12.3 Å². The Hall–Kier alpha value is -1.25. The second-order valence-electron chi connectivity index (χ2n) is 6.18. The second-order valence-corrected chi connectivity index (χ2v) is 9.03. The number of thioether (sulfide) groups is 1. The van der Waals surface area contributed by atoms with Crippen LogP contribution >= 0.6 is 34.4 Å². The normalized spacial score (nSPS) is 12.0. The van der Waals surface area contributed by atoms with E-state index >= 15 is 0 Å². The third-order valence-electron chi connectivity index (χ3n) is 2.98. The van der Waals surface area contributed by atoms with Gasteiger partial charge in [0.05, 0.1) is 27.8 Å². The van der Waals surface area contributed by atoms with Gasteiger partial charge in [-0.05, 0) is 6.92 Å². The molecule has 5 nitrogen and oxygen atoms in total. The van der Waals surface area contributed by atoms with Crippen LogP contribution in [0.5, 0.6) is 0 Å². The van der Waals surface area contributed by atoms with Gasteiger partial charge in [-0.1, -0.05) is 32.5 Å². The molecule has 0 amide bonds. The van der Waals surface area contributed by atoms with Crippen molar-refractivity contribution in [3.8, 4) is 0 Å². The molecule has 0 fully saturated rings. The van der Waals surface area contributed by atoms with Crippen molar-refractivity contribution in [3.05, 3.63) is 38.1 Å². The summed E-state index contributed by atoms with van der Waals surface area (Å²) in [5.41, 5.74) is 2.12. The Kier molecular flexibility index (Phi) is 4.84. The molecule has 0 aromatic carbocycles. The van der Waals surface area contributed by atoms with Crippen LogP contribution in [-0.4, -0.2) is 20.2 Å². The number of nitrogens with zero attached hydrogens (tertiary/aromatic N) is 4. The smallest absolute Gasteiger partial charge is 0.276 e. The number of rotatable bonds is 5. The molecule has 0 aliphatic heterocycles. The number of aromatic nitrogens is 4. The van der Waals surface area contributed by atoms with Gasteiger partial charge in [0, 0.05) is 21.9 Å². The standard InChI is InChI=1S/C15H18N4OS3/c1-9-16-10(6-21-9)5-12-18-19-14(20-12)23-8-11-7-22-13(17-11)15(2,3)4/h6-7H,5,8H2,1-4H3. The molecule has 23 heavy (non-hydrogen) atoms. The first-order chi connectivity index (χ1) is 10.9. The molecule has 0 N–H and O–H groups in total. The minimum Gasteiger partial charge on any atom is -0.416 e. The summed E-state index contributed by atoms with van der Waals surface area (Å²) in [5, 5.41) is 15.1. The molecular formula is C15H18N4OS3. The van der Waals surface area contributed by atoms with Gasteiger partial charge in [0.15, 0.2) is 0 Å². The number of hydrogen-bond acceptors (Lipinski definition) is 8. The molecule has 0 atom stereocenters. The monoisotopic (exact) mass is 366 g/mol. The Bertz CT molecular complexity index is 785. The summed E-state index contributed by atoms with van der Waals surface area (Å²) in [4.78, 5) is 9.08. The fraction of sp³-hybridized carbons (Fsp3) is 0.467. The maximum Gasteiger partial charge on any atom is 0.276 e. The zero-order valence-electron chi connectivity index (χ0n) is 13.5. The van der Waals surface area contributed by atoms with Gasteiger partial charge in [-0.25, -0.2) is 9.97 Å². The summed E-state index contributed by atoms with van der Waals surface area (Å²) < 4.78 is 5.67. The van der Waals surface area contributed by atoms with Gasteiger partial charge in [-0.15, -0.1) is 32.9 Å². The van der Waals surface area contributed by atoms with E-state index in [1.54, 1.807) is 22.7 Å². The number of thiazole rings is 2. The minimum absolute atomic E-state index is 0.0942. The Morgan fingerprint density at radius 2 is 1.87 bits per heavy atom. The zero-order valence-corrected chi connectivity index (χ0v) is 15.9. The maximum atomic E-state index is 5.67. The average Bonchev–Trinajstić information content (AvgIpc) is 3.17. The largest absolute Gasteiger partial charge is 0.416 e. The van der Waals surface area contributed by atoms with E-state index in [9.17, 15) is 0 Å². The Labute approximate surface area is 147 Å². The molecule has 3 heterocycles. The maximum absolute atomic E-state index is 5.67. The fourth-order valence-electron chi connectivity index (χ4n) is 1.87. The quantitative estimate of drug-likeness (QED) is 0.621. The van der Waals surface area contributed by atoms with Crippen molar-refractivity contribution in [1.82, 2.24) is 20.2 Å². The first kappa shape index (κ1) is 16.6. The molecule has 3 aromatic heterocycles. The average molecular weight is 367 g/mol. The first-order valence-corrected chi connectivity index (χ1v) is 9.96. The Morgan fingerprint density at radius 1 is 1.09 bits per heavy atom. The summed E-state index contributed by atoms with van der Waals surface area (Å²) in [5.74, 6) is 1.34. The summed E-state index contributed by atoms with van der Waals surface area (Å²) in [6.45, 7) is 8.51. The SMILES string of the molecule is Cc1nc(Cc2nnc(SCc3csc(C(C)(C)C)n3)o2)cs1. The third kappa shape index (κ3) is 4.39. The molecule has 0 spiro atoms. The van der Waals surface area contributed by atoms with Crippen LogP contribution in [0.4, 0.5) is 0 Å². The van der Waals surface area contributed by atoms with Crippen LogP contribution < -0.4 is 0 Å². The van der Waals surface area contributed by atoms with Crippen molar-refractivity contribution in [1.29, 1.82) is 0 Å². The van der Waals surface area contributed by atoms with E-state index in [4.69, 9.17) is 4.42 Å². The molecule has 0 aliphatic rings. The van der Waals surface area contributed by atoms with Crippen LogP contribution in [0.3, 0.4) is 0 Å². The number of aryl methyl sites for hydroxylation is 1. The second kappa shape index (κ2) is 6.70. The van der Waals surface area contributed by atoms with Gasteiger partial charge in [-0.2, -0.15) is 0 Å². The summed E-state index contributed by atoms with van der Waals surface area (Å²) in [7, 11) is 0. The van der Waals surface area contributed by atoms with Gasteiger partial charge >= 0.3 is 0 Å². The first-order valence-electron chi connectivity index (χ1n) is 7.21. The highest BCUT2D eigenvalue weighted by Crippen LogP contribution is 2.28. The van der Waals surface area contributed by atoms with Crippen LogP contribution in [-0.2, 0) is 17.6 Å². The van der Waals surface area contributed by atoms with Gasteiger partial charge < -0.3 is 4.42 Å². The van der Waals surface area contributed by atoms with Crippen molar-refractivity contribution < 1.29 is 4.42 Å². The molecule has 0 saturated carbocycles. The molecule has 0 aliphatic carbocycles. The van der Waals surface area contributed by atoms with Crippen molar-refractivity contribution in [2.45, 2.75) is 50.5 Å². The minimum atomic E-state index is 0.0942. The molecule has 0 bridgehead atoms. The molecule has 0 unspecified atom stereocenters. The van der Waals surface area contributed by atoms with Crippen molar-refractivity contribution in [2.24, 2.45) is 0 Å². The van der Waals surface area contributed by atoms with E-state index in [2.05, 4.69) is 46.3 Å². The Morgan fingerprint density at radius 3 is 2.52 bits per heavy atom. The molecule has 3 rings (SSSR count). The molecule has 122 valence electrons. The lowest BCUT2D eigenvalue weighted by Gasteiger charge is -2.13. The van der Waals surface area contributed by atoms with Crippen molar-refractivity contribution in [3.63, 3.8) is 0 Å². The van der Waals surface area contributed by atoms with E-state index in [-0.39, 0.29) is 5.41 Å². The third-order valence-corrected chi connectivity index (χ3v) is 5.98. The van der Waals surface area contributed by atoms with Crippen LogP contribution in [0.2, 0.25) is 0 Å². The van der Waals surface area contributed by atoms with Crippen molar-refractivity contribution >= 4 is 34.4 Å². The lowest BCUT2D eigenvalue weighted by atomic mass is 9.98. The highest BCUT2D eigenvalue weighted by atomic mass is 32.2. The lowest BCUT2D eigenvalue weighted by molar-refractivity contribution is 0.419. The molecule has 8 heteroatoms. The van der Waals surface area contributed by atoms with Gasteiger partial charge in [-0.3, -0.25) is 0 Å². The van der Waals surface area contributed by atoms with Crippen LogP contribution in [0.25, 0.3) is 0 Å². The highest BCUT2D eigenvalue weighted by molar-refractivity contribution is 7.98. The van der Waals surface area contributed by atoms with Gasteiger partial charge in [0.2, 0.25) is 5.89 Å². The summed E-state index contributed by atoms with van der Waals surface area (Å²) >= 11 is 4.85. The van der Waals surface area contributed by atoms with E-state index in [1.165, 1.54) is 11.8 Å². The van der Waals surface area contributed by atoms with Crippen LogP contribution in [0.1, 0.15) is 48.1 Å². The highest BCUT2D eigenvalue weighted by Gasteiger charge is 2.18. The predicted molar refractivity (Wildman–Crippen MR) is 94.3 cm³/mol. The molecular weight excluding hydrogens is 348 g/mol. The van der Waals surface area contributed by atoms with Crippen molar-refractivity contribution in [2.75, 3.05) is 0 Å². The predicted octanol–water partition coefficient (Wildman–Crippen LogP) is 4.47. The number of hydrogen-bond donors (Lipinski definition) is 0. The lowest BCUT2D eigenvalue weighted by Crippen LogP contribution is -2.10. The topological polar surface area (TPSA) is 64.7 Å². The zero-order chi connectivity index (χ0) is 16.4. The van der Waals surface area contributed by atoms with Gasteiger partial charge in [0.1, 0.15) is 0 Å². The van der Waals surface area contributed by atoms with E-state index in [0.717, 1.165) is 27.2 Å². The van der Waals surface area contributed by atoms with E-state index in [0.29, 0.717) is 17.5 Å². The molecule has 3 aromatic rings. The fourth-order valence-corrected chi connectivity index (χ4v) is 4.16. The van der Waals surface area contributed by atoms with Gasteiger partial charge in [0.25, 0.3) is 5.22 Å². The van der Waals surface area contributed by atoms with Crippen LogP contribution in [0, 0.1) is 6.92 Å². The molecule has 0 radical (unpaired) electrons. The van der Waals surface area contributed by atoms with E-state index < -0.39 is 0 Å². The summed E-state index contributed by atoms with van der Waals surface area (Å²) in [6.07, 6.45) is 0.586. The summed E-state index contributed by atoms with van der Waals surface area (Å²) in [6, 6.07) is 0. The molecule has 0 saturated heterocycles. The Balaban J connectivity index is 1.58. The van der Waals surface area contributed by atoms with Crippen LogP contribution in [0.15, 0.2) is 20.4 Å².